The lowest BCUT2D eigenvalue weighted by Gasteiger charge is -2.28. The SMILES string of the molecule is CCNC(CN(CCCOC)CCOC)C1CC1. The summed E-state index contributed by atoms with van der Waals surface area (Å²) >= 11 is 0. The van der Waals surface area contributed by atoms with Crippen molar-refractivity contribution in [2.24, 2.45) is 5.92 Å². The Kier molecular flexibility index (Phi) is 8.59. The van der Waals surface area contributed by atoms with Crippen LogP contribution in [0.2, 0.25) is 0 Å². The van der Waals surface area contributed by atoms with Crippen molar-refractivity contribution in [1.82, 2.24) is 10.2 Å². The van der Waals surface area contributed by atoms with Gasteiger partial charge in [0, 0.05) is 46.5 Å². The minimum Gasteiger partial charge on any atom is -0.385 e. The summed E-state index contributed by atoms with van der Waals surface area (Å²) in [5, 5.41) is 3.63. The molecule has 4 nitrogen and oxygen atoms in total. The maximum atomic E-state index is 5.20. The molecule has 0 heterocycles. The van der Waals surface area contributed by atoms with Crippen LogP contribution in [0.1, 0.15) is 26.2 Å². The van der Waals surface area contributed by atoms with E-state index in [1.807, 2.05) is 0 Å². The minimum absolute atomic E-state index is 0.661. The van der Waals surface area contributed by atoms with Gasteiger partial charge in [0.15, 0.2) is 0 Å². The van der Waals surface area contributed by atoms with Gasteiger partial charge >= 0.3 is 0 Å². The first-order chi connectivity index (χ1) is 8.81. The Morgan fingerprint density at radius 2 is 1.89 bits per heavy atom. The highest BCUT2D eigenvalue weighted by Gasteiger charge is 2.31. The average molecular weight is 258 g/mol. The fourth-order valence-corrected chi connectivity index (χ4v) is 2.37. The van der Waals surface area contributed by atoms with Gasteiger partial charge in [-0.3, -0.25) is 4.90 Å². The smallest absolute Gasteiger partial charge is 0.0589 e. The van der Waals surface area contributed by atoms with Crippen LogP contribution in [-0.2, 0) is 9.47 Å². The average Bonchev–Trinajstić information content (AvgIpc) is 3.19. The Balaban J connectivity index is 2.31. The lowest BCUT2D eigenvalue weighted by atomic mass is 10.1. The molecule has 1 saturated carbocycles. The lowest BCUT2D eigenvalue weighted by molar-refractivity contribution is 0.124. The second-order valence-corrected chi connectivity index (χ2v) is 5.14. The molecule has 0 aromatic carbocycles. The molecule has 1 atom stereocenters. The number of hydrogen-bond acceptors (Lipinski definition) is 4. The van der Waals surface area contributed by atoms with Gasteiger partial charge in [-0.2, -0.15) is 0 Å². The molecule has 1 N–H and O–H groups in total. The number of nitrogens with zero attached hydrogens (tertiary/aromatic N) is 1. The minimum atomic E-state index is 0.661. The summed E-state index contributed by atoms with van der Waals surface area (Å²) in [6.07, 6.45) is 3.89. The molecule has 18 heavy (non-hydrogen) atoms. The van der Waals surface area contributed by atoms with Crippen LogP contribution in [0.5, 0.6) is 0 Å². The summed E-state index contributed by atoms with van der Waals surface area (Å²) < 4.78 is 10.3. The van der Waals surface area contributed by atoms with Crippen LogP contribution in [0.25, 0.3) is 0 Å². The zero-order chi connectivity index (χ0) is 13.2. The van der Waals surface area contributed by atoms with Crippen molar-refractivity contribution in [2.45, 2.75) is 32.2 Å². The fraction of sp³-hybridized carbons (Fsp3) is 1.00. The molecule has 108 valence electrons. The normalized spacial score (nSPS) is 17.3. The van der Waals surface area contributed by atoms with Gasteiger partial charge in [-0.1, -0.05) is 6.92 Å². The van der Waals surface area contributed by atoms with Crippen LogP contribution >= 0.6 is 0 Å². The first-order valence-corrected chi connectivity index (χ1v) is 7.25. The number of ether oxygens (including phenoxy) is 2. The standard InChI is InChI=1S/C14H30N2O2/c1-4-15-14(13-6-7-13)12-16(9-11-18-3)8-5-10-17-2/h13-15H,4-12H2,1-3H3. The molecule has 0 spiro atoms. The third kappa shape index (κ3) is 6.69. The highest BCUT2D eigenvalue weighted by atomic mass is 16.5. The van der Waals surface area contributed by atoms with Gasteiger partial charge in [0.25, 0.3) is 0 Å². The molecule has 0 saturated heterocycles. The van der Waals surface area contributed by atoms with E-state index in [0.717, 1.165) is 51.7 Å². The Morgan fingerprint density at radius 1 is 1.17 bits per heavy atom. The Hall–Kier alpha value is -0.160. The second kappa shape index (κ2) is 9.73. The van der Waals surface area contributed by atoms with Crippen LogP contribution in [0.4, 0.5) is 0 Å². The topological polar surface area (TPSA) is 33.7 Å². The maximum Gasteiger partial charge on any atom is 0.0589 e. The van der Waals surface area contributed by atoms with Crippen molar-refractivity contribution in [3.63, 3.8) is 0 Å². The first-order valence-electron chi connectivity index (χ1n) is 7.25. The quantitative estimate of drug-likeness (QED) is 0.536. The van der Waals surface area contributed by atoms with E-state index in [-0.39, 0.29) is 0 Å². The third-order valence-corrected chi connectivity index (χ3v) is 3.55. The lowest BCUT2D eigenvalue weighted by Crippen LogP contribution is -2.44. The number of likely N-dealkylation sites (N-methyl/N-ethyl adjacent to an activating group) is 1. The van der Waals surface area contributed by atoms with Gasteiger partial charge in [-0.25, -0.2) is 0 Å². The van der Waals surface area contributed by atoms with E-state index in [1.54, 1.807) is 14.2 Å². The van der Waals surface area contributed by atoms with E-state index in [1.165, 1.54) is 12.8 Å². The van der Waals surface area contributed by atoms with E-state index in [2.05, 4.69) is 17.1 Å². The molecular weight excluding hydrogens is 228 g/mol. The molecule has 4 heteroatoms. The van der Waals surface area contributed by atoms with Crippen LogP contribution in [-0.4, -0.2) is 64.6 Å². The maximum absolute atomic E-state index is 5.20. The van der Waals surface area contributed by atoms with Crippen molar-refractivity contribution < 1.29 is 9.47 Å². The van der Waals surface area contributed by atoms with E-state index < -0.39 is 0 Å². The summed E-state index contributed by atoms with van der Waals surface area (Å²) in [5.41, 5.74) is 0. The summed E-state index contributed by atoms with van der Waals surface area (Å²) in [4.78, 5) is 2.51. The van der Waals surface area contributed by atoms with Gasteiger partial charge in [0.05, 0.1) is 6.61 Å². The monoisotopic (exact) mass is 258 g/mol. The number of methoxy groups -OCH3 is 2. The highest BCUT2D eigenvalue weighted by Crippen LogP contribution is 2.32. The summed E-state index contributed by atoms with van der Waals surface area (Å²) in [6, 6.07) is 0.661. The van der Waals surface area contributed by atoms with Crippen LogP contribution in [0.3, 0.4) is 0 Å². The highest BCUT2D eigenvalue weighted by molar-refractivity contribution is 4.88. The molecule has 0 aromatic rings. The van der Waals surface area contributed by atoms with Crippen LogP contribution < -0.4 is 5.32 Å². The second-order valence-electron chi connectivity index (χ2n) is 5.14. The molecule has 1 aliphatic rings. The molecule has 1 rings (SSSR count). The summed E-state index contributed by atoms with van der Waals surface area (Å²) in [7, 11) is 3.54. The Bertz CT molecular complexity index is 198. The molecule has 1 aliphatic carbocycles. The summed E-state index contributed by atoms with van der Waals surface area (Å²) in [6.45, 7) is 8.19. The van der Waals surface area contributed by atoms with Crippen molar-refractivity contribution >= 4 is 0 Å². The first kappa shape index (κ1) is 15.9. The molecule has 0 radical (unpaired) electrons. The molecule has 0 aromatic heterocycles. The fourth-order valence-electron chi connectivity index (χ4n) is 2.37. The Morgan fingerprint density at radius 3 is 2.44 bits per heavy atom. The van der Waals surface area contributed by atoms with E-state index in [9.17, 15) is 0 Å². The van der Waals surface area contributed by atoms with Crippen LogP contribution in [0.15, 0.2) is 0 Å². The molecule has 0 bridgehead atoms. The molecule has 0 amide bonds. The molecule has 1 unspecified atom stereocenters. The molecular formula is C14H30N2O2. The van der Waals surface area contributed by atoms with Crippen molar-refractivity contribution in [2.75, 3.05) is 53.6 Å². The zero-order valence-corrected chi connectivity index (χ0v) is 12.3. The number of nitrogens with one attached hydrogen (secondary N) is 1. The van der Waals surface area contributed by atoms with E-state index >= 15 is 0 Å². The van der Waals surface area contributed by atoms with E-state index in [4.69, 9.17) is 9.47 Å². The van der Waals surface area contributed by atoms with Gasteiger partial charge in [0.2, 0.25) is 0 Å². The van der Waals surface area contributed by atoms with Crippen LogP contribution in [0, 0.1) is 5.92 Å². The third-order valence-electron chi connectivity index (χ3n) is 3.55. The Labute approximate surface area is 112 Å². The number of rotatable bonds is 12. The van der Waals surface area contributed by atoms with Crippen molar-refractivity contribution in [3.8, 4) is 0 Å². The van der Waals surface area contributed by atoms with Crippen molar-refractivity contribution in [1.29, 1.82) is 0 Å². The van der Waals surface area contributed by atoms with Crippen molar-refractivity contribution in [3.05, 3.63) is 0 Å². The van der Waals surface area contributed by atoms with Gasteiger partial charge in [-0.15, -0.1) is 0 Å². The van der Waals surface area contributed by atoms with Gasteiger partial charge in [0.1, 0.15) is 0 Å². The summed E-state index contributed by atoms with van der Waals surface area (Å²) in [5.74, 6) is 0.900. The van der Waals surface area contributed by atoms with Gasteiger partial charge in [-0.05, 0) is 31.7 Å². The largest absolute Gasteiger partial charge is 0.385 e. The zero-order valence-electron chi connectivity index (χ0n) is 12.3. The predicted molar refractivity (Wildman–Crippen MR) is 75.0 cm³/mol. The number of hydrogen-bond donors (Lipinski definition) is 1. The van der Waals surface area contributed by atoms with E-state index in [0.29, 0.717) is 6.04 Å². The predicted octanol–water partition coefficient (Wildman–Crippen LogP) is 1.36. The molecule has 1 fully saturated rings. The molecule has 0 aliphatic heterocycles. The van der Waals surface area contributed by atoms with Gasteiger partial charge < -0.3 is 14.8 Å².